The minimum Gasteiger partial charge on any atom is -0.375 e. The van der Waals surface area contributed by atoms with Gasteiger partial charge in [0.2, 0.25) is 0 Å². The fourth-order valence-corrected chi connectivity index (χ4v) is 3.33. The third-order valence-electron chi connectivity index (χ3n) is 4.62. The number of ether oxygens (including phenoxy) is 2. The predicted octanol–water partition coefficient (Wildman–Crippen LogP) is 2.48. The van der Waals surface area contributed by atoms with Gasteiger partial charge in [0.15, 0.2) is 0 Å². The van der Waals surface area contributed by atoms with Crippen LogP contribution in [0.1, 0.15) is 52.9 Å². The molecule has 0 radical (unpaired) electrons. The largest absolute Gasteiger partial charge is 0.375 e. The SMILES string of the molecule is CCOC(C)(C)C(N)C1CCOC2(CCC2)C1. The van der Waals surface area contributed by atoms with E-state index in [1.807, 2.05) is 6.92 Å². The van der Waals surface area contributed by atoms with Crippen LogP contribution in [0.2, 0.25) is 0 Å². The Morgan fingerprint density at radius 2 is 2.18 bits per heavy atom. The van der Waals surface area contributed by atoms with E-state index in [2.05, 4.69) is 13.8 Å². The predicted molar refractivity (Wildman–Crippen MR) is 68.9 cm³/mol. The topological polar surface area (TPSA) is 44.5 Å². The lowest BCUT2D eigenvalue weighted by molar-refractivity contribution is -0.156. The second kappa shape index (κ2) is 4.87. The maximum Gasteiger partial charge on any atom is 0.0779 e. The maximum absolute atomic E-state index is 6.43. The van der Waals surface area contributed by atoms with Crippen molar-refractivity contribution < 1.29 is 9.47 Å². The number of rotatable bonds is 4. The van der Waals surface area contributed by atoms with E-state index in [-0.39, 0.29) is 17.2 Å². The van der Waals surface area contributed by atoms with E-state index in [1.165, 1.54) is 19.3 Å². The number of hydrogen-bond acceptors (Lipinski definition) is 3. The third-order valence-corrected chi connectivity index (χ3v) is 4.62. The van der Waals surface area contributed by atoms with Gasteiger partial charge < -0.3 is 15.2 Å². The van der Waals surface area contributed by atoms with E-state index in [0.29, 0.717) is 5.92 Å². The Kier molecular flexibility index (Phi) is 3.81. The first-order chi connectivity index (χ1) is 7.99. The van der Waals surface area contributed by atoms with Crippen molar-refractivity contribution in [3.05, 3.63) is 0 Å². The van der Waals surface area contributed by atoms with Gasteiger partial charge in [0.25, 0.3) is 0 Å². The summed E-state index contributed by atoms with van der Waals surface area (Å²) in [5.74, 6) is 0.547. The van der Waals surface area contributed by atoms with E-state index in [0.717, 1.165) is 26.1 Å². The molecule has 0 aromatic rings. The van der Waals surface area contributed by atoms with Crippen LogP contribution in [0.3, 0.4) is 0 Å². The highest BCUT2D eigenvalue weighted by molar-refractivity contribution is 4.99. The van der Waals surface area contributed by atoms with Crippen molar-refractivity contribution in [2.75, 3.05) is 13.2 Å². The van der Waals surface area contributed by atoms with Crippen LogP contribution in [-0.4, -0.2) is 30.5 Å². The van der Waals surface area contributed by atoms with Crippen molar-refractivity contribution in [1.82, 2.24) is 0 Å². The minimum atomic E-state index is -0.221. The van der Waals surface area contributed by atoms with Crippen molar-refractivity contribution in [3.8, 4) is 0 Å². The summed E-state index contributed by atoms with van der Waals surface area (Å²) in [6.45, 7) is 7.87. The van der Waals surface area contributed by atoms with Gasteiger partial charge in [-0.2, -0.15) is 0 Å². The van der Waals surface area contributed by atoms with E-state index in [1.54, 1.807) is 0 Å². The minimum absolute atomic E-state index is 0.115. The molecule has 2 unspecified atom stereocenters. The molecule has 0 bridgehead atoms. The molecule has 1 spiro atoms. The summed E-state index contributed by atoms with van der Waals surface area (Å²) in [6, 6.07) is 0.115. The summed E-state index contributed by atoms with van der Waals surface area (Å²) in [6.07, 6.45) is 5.98. The highest BCUT2D eigenvalue weighted by Crippen LogP contribution is 2.45. The molecule has 2 N–H and O–H groups in total. The number of nitrogens with two attached hydrogens (primary N) is 1. The molecule has 3 heteroatoms. The average Bonchev–Trinajstić information content (AvgIpc) is 2.26. The van der Waals surface area contributed by atoms with Gasteiger partial charge in [0, 0.05) is 19.3 Å². The van der Waals surface area contributed by atoms with Gasteiger partial charge in [-0.05, 0) is 58.8 Å². The van der Waals surface area contributed by atoms with Gasteiger partial charge in [0.05, 0.1) is 11.2 Å². The van der Waals surface area contributed by atoms with Crippen LogP contribution in [0.25, 0.3) is 0 Å². The van der Waals surface area contributed by atoms with Gasteiger partial charge in [-0.3, -0.25) is 0 Å². The fraction of sp³-hybridized carbons (Fsp3) is 1.00. The molecular formula is C14H27NO2. The van der Waals surface area contributed by atoms with E-state index >= 15 is 0 Å². The molecule has 100 valence electrons. The van der Waals surface area contributed by atoms with Crippen LogP contribution in [0.15, 0.2) is 0 Å². The molecule has 1 aliphatic carbocycles. The van der Waals surface area contributed by atoms with Gasteiger partial charge in [-0.15, -0.1) is 0 Å². The Morgan fingerprint density at radius 1 is 1.47 bits per heavy atom. The standard InChI is InChI=1S/C14H27NO2/c1-4-16-13(2,3)12(15)11-6-9-17-14(10-11)7-5-8-14/h11-12H,4-10,15H2,1-3H3. The first kappa shape index (κ1) is 13.3. The third kappa shape index (κ3) is 2.67. The molecule has 1 saturated heterocycles. The lowest BCUT2D eigenvalue weighted by Gasteiger charge is -2.50. The lowest BCUT2D eigenvalue weighted by atomic mass is 9.69. The molecule has 2 fully saturated rings. The molecule has 2 aliphatic rings. The van der Waals surface area contributed by atoms with E-state index < -0.39 is 0 Å². The molecule has 0 aromatic heterocycles. The molecule has 1 saturated carbocycles. The quantitative estimate of drug-likeness (QED) is 0.822. The molecule has 17 heavy (non-hydrogen) atoms. The zero-order chi connectivity index (χ0) is 12.5. The van der Waals surface area contributed by atoms with Crippen molar-refractivity contribution in [3.63, 3.8) is 0 Å². The van der Waals surface area contributed by atoms with Crippen LogP contribution in [0, 0.1) is 5.92 Å². The Labute approximate surface area is 105 Å². The second-order valence-electron chi connectivity index (χ2n) is 6.20. The molecule has 0 aromatic carbocycles. The summed E-state index contributed by atoms with van der Waals surface area (Å²) < 4.78 is 11.8. The monoisotopic (exact) mass is 241 g/mol. The summed E-state index contributed by atoms with van der Waals surface area (Å²) in [4.78, 5) is 0. The lowest BCUT2D eigenvalue weighted by Crippen LogP contribution is -2.55. The zero-order valence-electron chi connectivity index (χ0n) is 11.5. The Morgan fingerprint density at radius 3 is 2.71 bits per heavy atom. The molecule has 1 aliphatic heterocycles. The molecule has 0 amide bonds. The van der Waals surface area contributed by atoms with E-state index in [4.69, 9.17) is 15.2 Å². The summed E-state index contributed by atoms with van der Waals surface area (Å²) in [5, 5.41) is 0. The van der Waals surface area contributed by atoms with Crippen LogP contribution in [-0.2, 0) is 9.47 Å². The van der Waals surface area contributed by atoms with Crippen molar-refractivity contribution in [2.24, 2.45) is 11.7 Å². The maximum atomic E-state index is 6.43. The van der Waals surface area contributed by atoms with Gasteiger partial charge in [-0.25, -0.2) is 0 Å². The highest BCUT2D eigenvalue weighted by atomic mass is 16.5. The molecule has 2 atom stereocenters. The molecule has 1 heterocycles. The Hall–Kier alpha value is -0.120. The second-order valence-corrected chi connectivity index (χ2v) is 6.20. The van der Waals surface area contributed by atoms with Crippen molar-refractivity contribution >= 4 is 0 Å². The average molecular weight is 241 g/mol. The van der Waals surface area contributed by atoms with Crippen LogP contribution < -0.4 is 5.73 Å². The fourth-order valence-electron chi connectivity index (χ4n) is 3.33. The van der Waals surface area contributed by atoms with Gasteiger partial charge in [0.1, 0.15) is 0 Å². The summed E-state index contributed by atoms with van der Waals surface area (Å²) in [5.41, 5.74) is 6.39. The Balaban J connectivity index is 1.96. The smallest absolute Gasteiger partial charge is 0.0779 e. The highest BCUT2D eigenvalue weighted by Gasteiger charge is 2.46. The van der Waals surface area contributed by atoms with Gasteiger partial charge in [-0.1, -0.05) is 0 Å². The first-order valence-electron chi connectivity index (χ1n) is 7.03. The Bertz CT molecular complexity index is 261. The van der Waals surface area contributed by atoms with Crippen molar-refractivity contribution in [1.29, 1.82) is 0 Å². The summed E-state index contributed by atoms with van der Waals surface area (Å²) in [7, 11) is 0. The van der Waals surface area contributed by atoms with Crippen LogP contribution in [0.5, 0.6) is 0 Å². The normalized spacial score (nSPS) is 30.0. The van der Waals surface area contributed by atoms with Crippen LogP contribution >= 0.6 is 0 Å². The zero-order valence-corrected chi connectivity index (χ0v) is 11.5. The van der Waals surface area contributed by atoms with Crippen molar-refractivity contribution in [2.45, 2.75) is 70.1 Å². The molecule has 2 rings (SSSR count). The van der Waals surface area contributed by atoms with Crippen LogP contribution in [0.4, 0.5) is 0 Å². The first-order valence-corrected chi connectivity index (χ1v) is 7.03. The van der Waals surface area contributed by atoms with Gasteiger partial charge >= 0.3 is 0 Å². The number of hydrogen-bond donors (Lipinski definition) is 1. The molecule has 3 nitrogen and oxygen atoms in total. The summed E-state index contributed by atoms with van der Waals surface area (Å²) >= 11 is 0. The van der Waals surface area contributed by atoms with E-state index in [9.17, 15) is 0 Å². The molecular weight excluding hydrogens is 214 g/mol.